The SMILES string of the molecule is O=C(N[C@H]1CC[C@H](CCN2CCN(c3nccc4c3CCO4)CC2)CC1)C(F)(F)F. The zero-order chi connectivity index (χ0) is 21.1. The number of alkyl halides is 3. The molecule has 1 saturated heterocycles. The number of anilines is 1. The zero-order valence-corrected chi connectivity index (χ0v) is 17.1. The smallest absolute Gasteiger partial charge is 0.471 e. The Morgan fingerprint density at radius 2 is 1.90 bits per heavy atom. The monoisotopic (exact) mass is 426 g/mol. The van der Waals surface area contributed by atoms with Crippen molar-refractivity contribution in [1.82, 2.24) is 15.2 Å². The third-order valence-electron chi connectivity index (χ3n) is 6.56. The van der Waals surface area contributed by atoms with Crippen LogP contribution in [0.25, 0.3) is 0 Å². The second-order valence-corrected chi connectivity index (χ2v) is 8.52. The van der Waals surface area contributed by atoms with E-state index in [0.29, 0.717) is 18.8 Å². The molecular weight excluding hydrogens is 397 g/mol. The first-order chi connectivity index (χ1) is 14.4. The minimum Gasteiger partial charge on any atom is -0.493 e. The summed E-state index contributed by atoms with van der Waals surface area (Å²) in [5, 5.41) is 2.13. The summed E-state index contributed by atoms with van der Waals surface area (Å²) in [7, 11) is 0. The van der Waals surface area contributed by atoms with Gasteiger partial charge in [0.15, 0.2) is 0 Å². The van der Waals surface area contributed by atoms with Crippen molar-refractivity contribution in [2.45, 2.75) is 50.7 Å². The highest BCUT2D eigenvalue weighted by Gasteiger charge is 2.40. The fraction of sp³-hybridized carbons (Fsp3) is 0.714. The average molecular weight is 426 g/mol. The molecule has 1 N–H and O–H groups in total. The third kappa shape index (κ3) is 4.99. The molecule has 0 atom stereocenters. The lowest BCUT2D eigenvalue weighted by Crippen LogP contribution is -2.47. The average Bonchev–Trinajstić information content (AvgIpc) is 3.22. The molecule has 30 heavy (non-hydrogen) atoms. The van der Waals surface area contributed by atoms with Gasteiger partial charge < -0.3 is 15.0 Å². The number of amides is 1. The van der Waals surface area contributed by atoms with Crippen molar-refractivity contribution in [2.75, 3.05) is 44.2 Å². The highest BCUT2D eigenvalue weighted by molar-refractivity contribution is 5.81. The largest absolute Gasteiger partial charge is 0.493 e. The zero-order valence-electron chi connectivity index (χ0n) is 17.1. The van der Waals surface area contributed by atoms with Gasteiger partial charge in [-0.15, -0.1) is 0 Å². The number of ether oxygens (including phenoxy) is 1. The Hall–Kier alpha value is -2.03. The van der Waals surface area contributed by atoms with Crippen molar-refractivity contribution < 1.29 is 22.7 Å². The van der Waals surface area contributed by atoms with E-state index in [1.807, 2.05) is 12.3 Å². The van der Waals surface area contributed by atoms with Gasteiger partial charge in [-0.1, -0.05) is 0 Å². The Bertz CT molecular complexity index is 742. The summed E-state index contributed by atoms with van der Waals surface area (Å²) < 4.78 is 42.8. The molecule has 166 valence electrons. The summed E-state index contributed by atoms with van der Waals surface area (Å²) in [6.45, 7) is 5.61. The molecule has 1 aromatic heterocycles. The summed E-state index contributed by atoms with van der Waals surface area (Å²) >= 11 is 0. The molecule has 2 fully saturated rings. The van der Waals surface area contributed by atoms with E-state index < -0.39 is 12.1 Å². The van der Waals surface area contributed by atoms with Gasteiger partial charge in [0.05, 0.1) is 6.61 Å². The maximum Gasteiger partial charge on any atom is 0.471 e. The lowest BCUT2D eigenvalue weighted by Gasteiger charge is -2.37. The Labute approximate surface area is 174 Å². The van der Waals surface area contributed by atoms with Gasteiger partial charge in [0.25, 0.3) is 0 Å². The van der Waals surface area contributed by atoms with Gasteiger partial charge in [-0.2, -0.15) is 13.2 Å². The number of hydrogen-bond acceptors (Lipinski definition) is 5. The number of halogens is 3. The number of rotatable bonds is 5. The van der Waals surface area contributed by atoms with Crippen LogP contribution >= 0.6 is 0 Å². The predicted octanol–water partition coefficient (Wildman–Crippen LogP) is 2.77. The summed E-state index contributed by atoms with van der Waals surface area (Å²) in [4.78, 5) is 20.5. The molecule has 2 aliphatic heterocycles. The van der Waals surface area contributed by atoms with E-state index >= 15 is 0 Å². The van der Waals surface area contributed by atoms with Crippen LogP contribution in [0.4, 0.5) is 19.0 Å². The molecule has 4 rings (SSSR count). The normalized spacial score (nSPS) is 25.0. The maximum atomic E-state index is 12.4. The second-order valence-electron chi connectivity index (χ2n) is 8.52. The number of fused-ring (bicyclic) bond motifs is 1. The highest BCUT2D eigenvalue weighted by Crippen LogP contribution is 2.32. The van der Waals surface area contributed by atoms with Crippen LogP contribution in [0.5, 0.6) is 5.75 Å². The number of nitrogens with zero attached hydrogens (tertiary/aromatic N) is 3. The highest BCUT2D eigenvalue weighted by atomic mass is 19.4. The molecule has 0 bridgehead atoms. The second kappa shape index (κ2) is 8.99. The fourth-order valence-corrected chi connectivity index (χ4v) is 4.78. The number of nitrogens with one attached hydrogen (secondary N) is 1. The molecule has 6 nitrogen and oxygen atoms in total. The van der Waals surface area contributed by atoms with E-state index in [9.17, 15) is 18.0 Å². The first kappa shape index (κ1) is 21.2. The van der Waals surface area contributed by atoms with Gasteiger partial charge in [-0.05, 0) is 50.6 Å². The number of carbonyl (C=O) groups is 1. The van der Waals surface area contributed by atoms with Crippen LogP contribution in [0.1, 0.15) is 37.7 Å². The van der Waals surface area contributed by atoms with Gasteiger partial charge in [0.1, 0.15) is 11.6 Å². The molecule has 3 heterocycles. The van der Waals surface area contributed by atoms with Crippen LogP contribution in [-0.4, -0.2) is 67.3 Å². The predicted molar refractivity (Wildman–Crippen MR) is 107 cm³/mol. The molecule has 1 amide bonds. The van der Waals surface area contributed by atoms with Gasteiger partial charge in [-0.25, -0.2) is 4.98 Å². The Balaban J connectivity index is 1.17. The molecule has 0 spiro atoms. The maximum absolute atomic E-state index is 12.4. The first-order valence-electron chi connectivity index (χ1n) is 10.9. The Kier molecular flexibility index (Phi) is 6.36. The Morgan fingerprint density at radius 3 is 2.60 bits per heavy atom. The molecule has 0 aromatic carbocycles. The van der Waals surface area contributed by atoms with E-state index in [1.165, 1.54) is 5.56 Å². The van der Waals surface area contributed by atoms with Crippen molar-refractivity contribution >= 4 is 11.7 Å². The Morgan fingerprint density at radius 1 is 1.17 bits per heavy atom. The number of carbonyl (C=O) groups excluding carboxylic acids is 1. The fourth-order valence-electron chi connectivity index (χ4n) is 4.78. The molecule has 1 aliphatic carbocycles. The van der Waals surface area contributed by atoms with E-state index in [-0.39, 0.29) is 6.04 Å². The summed E-state index contributed by atoms with van der Waals surface area (Å²) in [6.07, 6.45) is 2.03. The summed E-state index contributed by atoms with van der Waals surface area (Å²) in [5.41, 5.74) is 1.22. The van der Waals surface area contributed by atoms with Crippen LogP contribution in [0.2, 0.25) is 0 Å². The van der Waals surface area contributed by atoms with Crippen molar-refractivity contribution in [1.29, 1.82) is 0 Å². The minimum absolute atomic E-state index is 0.344. The summed E-state index contributed by atoms with van der Waals surface area (Å²) in [5.74, 6) is 0.737. The number of aromatic nitrogens is 1. The quantitative estimate of drug-likeness (QED) is 0.785. The first-order valence-corrected chi connectivity index (χ1v) is 10.9. The van der Waals surface area contributed by atoms with Gasteiger partial charge in [-0.3, -0.25) is 9.69 Å². The minimum atomic E-state index is -4.79. The van der Waals surface area contributed by atoms with E-state index in [1.54, 1.807) is 0 Å². The molecule has 1 aromatic rings. The number of hydrogen-bond donors (Lipinski definition) is 1. The van der Waals surface area contributed by atoms with Crippen molar-refractivity contribution in [2.24, 2.45) is 5.92 Å². The van der Waals surface area contributed by atoms with Crippen LogP contribution in [0.15, 0.2) is 12.3 Å². The van der Waals surface area contributed by atoms with Crippen molar-refractivity contribution in [3.8, 4) is 5.75 Å². The van der Waals surface area contributed by atoms with Gasteiger partial charge in [0, 0.05) is 50.4 Å². The molecule has 9 heteroatoms. The topological polar surface area (TPSA) is 57.7 Å². The van der Waals surface area contributed by atoms with Crippen LogP contribution in [0.3, 0.4) is 0 Å². The summed E-state index contributed by atoms with van der Waals surface area (Å²) in [6, 6.07) is 1.59. The molecular formula is C21H29F3N4O2. The molecule has 1 saturated carbocycles. The molecule has 0 radical (unpaired) electrons. The van der Waals surface area contributed by atoms with E-state index in [4.69, 9.17) is 4.74 Å². The van der Waals surface area contributed by atoms with E-state index in [2.05, 4.69) is 20.1 Å². The van der Waals surface area contributed by atoms with E-state index in [0.717, 1.165) is 76.6 Å². The van der Waals surface area contributed by atoms with Gasteiger partial charge >= 0.3 is 12.1 Å². The standard InChI is InChI=1S/C21H29F3N4O2/c22-21(23,24)20(29)26-16-3-1-15(2-4-16)6-9-27-10-12-28(13-11-27)19-17-7-14-30-18(17)5-8-25-19/h5,8,15-16H,1-4,6-7,9-14H2,(H,26,29)/t15-,16-. The molecule has 0 unspecified atom stereocenters. The van der Waals surface area contributed by atoms with Crippen LogP contribution < -0.4 is 15.0 Å². The van der Waals surface area contributed by atoms with Crippen molar-refractivity contribution in [3.05, 3.63) is 17.8 Å². The molecule has 3 aliphatic rings. The van der Waals surface area contributed by atoms with Crippen LogP contribution in [-0.2, 0) is 11.2 Å². The lowest BCUT2D eigenvalue weighted by atomic mass is 9.84. The van der Waals surface area contributed by atoms with Crippen LogP contribution in [0, 0.1) is 5.92 Å². The number of pyridine rings is 1. The number of piperazine rings is 1. The lowest BCUT2D eigenvalue weighted by molar-refractivity contribution is -0.174. The van der Waals surface area contributed by atoms with Gasteiger partial charge in [0.2, 0.25) is 0 Å². The van der Waals surface area contributed by atoms with Crippen molar-refractivity contribution in [3.63, 3.8) is 0 Å². The third-order valence-corrected chi connectivity index (χ3v) is 6.56.